The molecule has 1 N–H and O–H groups in total. The van der Waals surface area contributed by atoms with E-state index in [9.17, 15) is 9.59 Å². The van der Waals surface area contributed by atoms with Crippen molar-refractivity contribution in [2.75, 3.05) is 45.9 Å². The van der Waals surface area contributed by atoms with Gasteiger partial charge in [0.25, 0.3) is 0 Å². The molecule has 6 heteroatoms. The largest absolute Gasteiger partial charge is 0.450 e. The molecular formula is C14H25N3O3. The van der Waals surface area contributed by atoms with Crippen molar-refractivity contribution in [1.82, 2.24) is 15.1 Å². The zero-order valence-corrected chi connectivity index (χ0v) is 12.5. The first-order valence-corrected chi connectivity index (χ1v) is 7.55. The molecule has 0 bridgehead atoms. The lowest BCUT2D eigenvalue weighted by Crippen LogP contribution is -2.54. The van der Waals surface area contributed by atoms with Crippen LogP contribution in [0.4, 0.5) is 4.79 Å². The summed E-state index contributed by atoms with van der Waals surface area (Å²) in [6.07, 6.45) is 1.52. The van der Waals surface area contributed by atoms with E-state index in [1.807, 2.05) is 4.90 Å². The molecule has 0 aromatic heterocycles. The van der Waals surface area contributed by atoms with Crippen LogP contribution in [0.1, 0.15) is 26.7 Å². The first-order chi connectivity index (χ1) is 9.63. The summed E-state index contributed by atoms with van der Waals surface area (Å²) in [5.74, 6) is 0.244. The third kappa shape index (κ3) is 2.90. The molecule has 0 aliphatic carbocycles. The number of hydrogen-bond acceptors (Lipinski definition) is 4. The normalized spacial score (nSPS) is 26.7. The number of ether oxygens (including phenoxy) is 1. The summed E-state index contributed by atoms with van der Waals surface area (Å²) in [5, 5.41) is 3.30. The van der Waals surface area contributed by atoms with Crippen molar-refractivity contribution in [2.24, 2.45) is 5.41 Å². The molecule has 20 heavy (non-hydrogen) atoms. The minimum absolute atomic E-state index is 0.230. The van der Waals surface area contributed by atoms with Crippen LogP contribution in [0, 0.1) is 5.41 Å². The number of carbonyl (C=O) groups is 2. The Kier molecular flexibility index (Phi) is 4.86. The molecule has 1 unspecified atom stereocenters. The van der Waals surface area contributed by atoms with E-state index >= 15 is 0 Å². The van der Waals surface area contributed by atoms with Gasteiger partial charge in [0.2, 0.25) is 5.91 Å². The number of nitrogens with zero attached hydrogens (tertiary/aromatic N) is 2. The van der Waals surface area contributed by atoms with Crippen molar-refractivity contribution in [3.8, 4) is 0 Å². The van der Waals surface area contributed by atoms with Gasteiger partial charge in [-0.05, 0) is 26.3 Å². The maximum absolute atomic E-state index is 12.7. The van der Waals surface area contributed by atoms with E-state index in [0.717, 1.165) is 25.9 Å². The van der Waals surface area contributed by atoms with Crippen LogP contribution in [-0.2, 0) is 9.53 Å². The van der Waals surface area contributed by atoms with Gasteiger partial charge < -0.3 is 19.9 Å². The number of carbonyl (C=O) groups excluding carboxylic acids is 2. The molecule has 0 saturated carbocycles. The molecule has 0 spiro atoms. The number of nitrogens with one attached hydrogen (secondary N) is 1. The van der Waals surface area contributed by atoms with Crippen molar-refractivity contribution in [3.05, 3.63) is 0 Å². The molecule has 2 saturated heterocycles. The maximum atomic E-state index is 12.7. The Bertz CT molecular complexity index is 359. The second-order valence-electron chi connectivity index (χ2n) is 5.54. The summed E-state index contributed by atoms with van der Waals surface area (Å²) in [6.45, 7) is 8.33. The molecule has 0 radical (unpaired) electrons. The summed E-state index contributed by atoms with van der Waals surface area (Å²) in [4.78, 5) is 27.9. The van der Waals surface area contributed by atoms with E-state index in [-0.39, 0.29) is 17.4 Å². The number of rotatable bonds is 3. The summed E-state index contributed by atoms with van der Waals surface area (Å²) in [7, 11) is 0. The Hall–Kier alpha value is -1.30. The van der Waals surface area contributed by atoms with Crippen LogP contribution in [0.5, 0.6) is 0 Å². The van der Waals surface area contributed by atoms with Crippen LogP contribution in [0.25, 0.3) is 0 Å². The molecule has 0 aromatic rings. The van der Waals surface area contributed by atoms with Gasteiger partial charge in [-0.15, -0.1) is 0 Å². The van der Waals surface area contributed by atoms with Gasteiger partial charge in [0.1, 0.15) is 0 Å². The van der Waals surface area contributed by atoms with Crippen LogP contribution in [0.15, 0.2) is 0 Å². The second-order valence-corrected chi connectivity index (χ2v) is 5.54. The SMILES string of the molecule is CCOC(=O)N1CCN(C(=O)C2(CC)CCNC2)CC1. The fourth-order valence-electron chi connectivity index (χ4n) is 3.02. The van der Waals surface area contributed by atoms with Crippen molar-refractivity contribution in [1.29, 1.82) is 0 Å². The van der Waals surface area contributed by atoms with Gasteiger partial charge in [-0.1, -0.05) is 6.92 Å². The van der Waals surface area contributed by atoms with Gasteiger partial charge >= 0.3 is 6.09 Å². The van der Waals surface area contributed by atoms with Gasteiger partial charge in [-0.3, -0.25) is 4.79 Å². The lowest BCUT2D eigenvalue weighted by Gasteiger charge is -2.38. The third-order valence-electron chi connectivity index (χ3n) is 4.47. The van der Waals surface area contributed by atoms with Crippen LogP contribution in [-0.4, -0.2) is 67.7 Å². The third-order valence-corrected chi connectivity index (χ3v) is 4.47. The Labute approximate surface area is 120 Å². The fourth-order valence-corrected chi connectivity index (χ4v) is 3.02. The first kappa shape index (κ1) is 15.1. The van der Waals surface area contributed by atoms with Crippen LogP contribution >= 0.6 is 0 Å². The number of piperazine rings is 1. The highest BCUT2D eigenvalue weighted by Gasteiger charge is 2.42. The van der Waals surface area contributed by atoms with E-state index in [1.54, 1.807) is 11.8 Å². The highest BCUT2D eigenvalue weighted by molar-refractivity contribution is 5.83. The number of hydrogen-bond donors (Lipinski definition) is 1. The Morgan fingerprint density at radius 2 is 1.80 bits per heavy atom. The molecule has 2 fully saturated rings. The van der Waals surface area contributed by atoms with Crippen molar-refractivity contribution < 1.29 is 14.3 Å². The predicted octanol–water partition coefficient (Wildman–Crippen LogP) is 0.677. The fraction of sp³-hybridized carbons (Fsp3) is 0.857. The van der Waals surface area contributed by atoms with Crippen molar-refractivity contribution >= 4 is 12.0 Å². The van der Waals surface area contributed by atoms with E-state index in [2.05, 4.69) is 12.2 Å². The van der Waals surface area contributed by atoms with Crippen LogP contribution in [0.2, 0.25) is 0 Å². The number of amides is 2. The molecule has 2 aliphatic heterocycles. The zero-order valence-electron chi connectivity index (χ0n) is 12.5. The second kappa shape index (κ2) is 6.43. The Morgan fingerprint density at radius 1 is 1.15 bits per heavy atom. The molecule has 1 atom stereocenters. The standard InChI is InChI=1S/C14H25N3O3/c1-3-14(5-6-15-11-14)12(18)16-7-9-17(10-8-16)13(19)20-4-2/h15H,3-11H2,1-2H3. The molecule has 2 aliphatic rings. The van der Waals surface area contributed by atoms with Gasteiger partial charge in [0.05, 0.1) is 12.0 Å². The highest BCUT2D eigenvalue weighted by Crippen LogP contribution is 2.32. The van der Waals surface area contributed by atoms with Gasteiger partial charge in [0, 0.05) is 32.7 Å². The van der Waals surface area contributed by atoms with Gasteiger partial charge in [-0.2, -0.15) is 0 Å². The molecule has 6 nitrogen and oxygen atoms in total. The van der Waals surface area contributed by atoms with Gasteiger partial charge in [0.15, 0.2) is 0 Å². The minimum Gasteiger partial charge on any atom is -0.450 e. The van der Waals surface area contributed by atoms with E-state index < -0.39 is 0 Å². The Balaban J connectivity index is 1.90. The maximum Gasteiger partial charge on any atom is 0.409 e. The Morgan fingerprint density at radius 3 is 2.30 bits per heavy atom. The van der Waals surface area contributed by atoms with E-state index in [1.165, 1.54) is 0 Å². The average Bonchev–Trinajstić information content (AvgIpc) is 2.97. The lowest BCUT2D eigenvalue weighted by atomic mass is 9.82. The van der Waals surface area contributed by atoms with Crippen LogP contribution < -0.4 is 5.32 Å². The lowest BCUT2D eigenvalue weighted by molar-refractivity contribution is -0.143. The quantitative estimate of drug-likeness (QED) is 0.827. The van der Waals surface area contributed by atoms with E-state index in [4.69, 9.17) is 4.74 Å². The van der Waals surface area contributed by atoms with Crippen molar-refractivity contribution in [2.45, 2.75) is 26.7 Å². The zero-order chi connectivity index (χ0) is 14.6. The topological polar surface area (TPSA) is 61.9 Å². The smallest absolute Gasteiger partial charge is 0.409 e. The predicted molar refractivity (Wildman–Crippen MR) is 75.4 cm³/mol. The van der Waals surface area contributed by atoms with E-state index in [0.29, 0.717) is 32.8 Å². The molecular weight excluding hydrogens is 258 g/mol. The summed E-state index contributed by atoms with van der Waals surface area (Å²) >= 11 is 0. The summed E-state index contributed by atoms with van der Waals surface area (Å²) in [6, 6.07) is 0. The van der Waals surface area contributed by atoms with Gasteiger partial charge in [-0.25, -0.2) is 4.79 Å². The molecule has 0 aromatic carbocycles. The minimum atomic E-state index is -0.271. The summed E-state index contributed by atoms with van der Waals surface area (Å²) < 4.78 is 4.99. The highest BCUT2D eigenvalue weighted by atomic mass is 16.6. The van der Waals surface area contributed by atoms with Crippen molar-refractivity contribution in [3.63, 3.8) is 0 Å². The molecule has 114 valence electrons. The van der Waals surface area contributed by atoms with Crippen LogP contribution in [0.3, 0.4) is 0 Å². The molecule has 2 rings (SSSR count). The average molecular weight is 283 g/mol. The summed E-state index contributed by atoms with van der Waals surface area (Å²) in [5.41, 5.74) is -0.230. The first-order valence-electron chi connectivity index (χ1n) is 7.55. The molecule has 2 amide bonds. The monoisotopic (exact) mass is 283 g/mol. The molecule has 2 heterocycles.